The molecule has 1 unspecified atom stereocenters. The van der Waals surface area contributed by atoms with Crippen LogP contribution in [0.4, 0.5) is 0 Å². The van der Waals surface area contributed by atoms with Crippen molar-refractivity contribution in [3.63, 3.8) is 0 Å². The van der Waals surface area contributed by atoms with Gasteiger partial charge in [0.1, 0.15) is 0 Å². The molecule has 2 aliphatic rings. The lowest BCUT2D eigenvalue weighted by atomic mass is 9.88. The Bertz CT molecular complexity index is 283. The Hall–Kier alpha value is -0.160. The number of likely N-dealkylation sites (tertiary alicyclic amines) is 1. The van der Waals surface area contributed by atoms with Crippen LogP contribution >= 0.6 is 0 Å². The van der Waals surface area contributed by atoms with Crippen LogP contribution in [0.15, 0.2) is 0 Å². The fraction of sp³-hybridized carbons (Fsp3) is 1.00. The van der Waals surface area contributed by atoms with Crippen molar-refractivity contribution in [1.29, 1.82) is 0 Å². The Morgan fingerprint density at radius 2 is 2.10 bits per heavy atom. The van der Waals surface area contributed by atoms with Gasteiger partial charge in [-0.15, -0.1) is 0 Å². The molecule has 1 saturated carbocycles. The van der Waals surface area contributed by atoms with Crippen molar-refractivity contribution in [2.24, 2.45) is 5.73 Å². The first-order valence-electron chi connectivity index (χ1n) is 8.44. The number of ether oxygens (including phenoxy) is 1. The molecule has 0 bridgehead atoms. The molecule has 1 atom stereocenters. The number of hydrogen-bond donors (Lipinski definition) is 1. The van der Waals surface area contributed by atoms with Gasteiger partial charge < -0.3 is 15.4 Å². The third-order valence-corrected chi connectivity index (χ3v) is 5.06. The van der Waals surface area contributed by atoms with Crippen molar-refractivity contribution in [2.75, 3.05) is 46.4 Å². The van der Waals surface area contributed by atoms with E-state index in [0.717, 1.165) is 25.7 Å². The molecule has 0 amide bonds. The van der Waals surface area contributed by atoms with Gasteiger partial charge in [-0.3, -0.25) is 4.90 Å². The van der Waals surface area contributed by atoms with Crippen molar-refractivity contribution < 1.29 is 4.74 Å². The maximum atomic E-state index is 6.26. The van der Waals surface area contributed by atoms with Gasteiger partial charge in [-0.25, -0.2) is 0 Å². The lowest BCUT2D eigenvalue weighted by Crippen LogP contribution is -2.56. The van der Waals surface area contributed by atoms with Gasteiger partial charge in [0.2, 0.25) is 0 Å². The summed E-state index contributed by atoms with van der Waals surface area (Å²) in [6.45, 7) is 8.65. The highest BCUT2D eigenvalue weighted by molar-refractivity contribution is 5.00. The third-order valence-electron chi connectivity index (χ3n) is 5.06. The van der Waals surface area contributed by atoms with Gasteiger partial charge in [0.05, 0.1) is 6.61 Å². The van der Waals surface area contributed by atoms with E-state index in [-0.39, 0.29) is 5.54 Å². The van der Waals surface area contributed by atoms with Crippen LogP contribution in [0.2, 0.25) is 0 Å². The molecule has 1 aliphatic heterocycles. The van der Waals surface area contributed by atoms with Gasteiger partial charge in [0, 0.05) is 31.8 Å². The van der Waals surface area contributed by atoms with E-state index in [0.29, 0.717) is 0 Å². The Morgan fingerprint density at radius 3 is 2.70 bits per heavy atom. The second-order valence-electron chi connectivity index (χ2n) is 6.54. The highest BCUT2D eigenvalue weighted by Gasteiger charge is 2.43. The SMILES string of the molecule is CCCN1CCCC(CN)(N(CCOC)C2CC2)CC1. The summed E-state index contributed by atoms with van der Waals surface area (Å²) in [6, 6.07) is 0.770. The predicted octanol–water partition coefficient (Wildman–Crippen LogP) is 1.69. The van der Waals surface area contributed by atoms with Crippen molar-refractivity contribution in [3.05, 3.63) is 0 Å². The van der Waals surface area contributed by atoms with E-state index in [1.165, 1.54) is 58.2 Å². The largest absolute Gasteiger partial charge is 0.383 e. The molecule has 4 nitrogen and oxygen atoms in total. The predicted molar refractivity (Wildman–Crippen MR) is 84.0 cm³/mol. The summed E-state index contributed by atoms with van der Waals surface area (Å²) in [5, 5.41) is 0. The Morgan fingerprint density at radius 1 is 1.30 bits per heavy atom. The number of rotatable bonds is 8. The van der Waals surface area contributed by atoms with E-state index in [2.05, 4.69) is 16.7 Å². The molecule has 2 fully saturated rings. The molecule has 1 heterocycles. The zero-order valence-electron chi connectivity index (χ0n) is 13.4. The van der Waals surface area contributed by atoms with Gasteiger partial charge in [-0.2, -0.15) is 0 Å². The molecule has 20 heavy (non-hydrogen) atoms. The van der Waals surface area contributed by atoms with E-state index in [9.17, 15) is 0 Å². The summed E-state index contributed by atoms with van der Waals surface area (Å²) in [7, 11) is 1.80. The Kier molecular flexibility index (Phi) is 6.27. The van der Waals surface area contributed by atoms with Crippen LogP contribution in [0.1, 0.15) is 45.4 Å². The Labute approximate surface area is 124 Å². The van der Waals surface area contributed by atoms with Crippen LogP contribution < -0.4 is 5.73 Å². The van der Waals surface area contributed by atoms with Crippen LogP contribution in [-0.4, -0.2) is 67.8 Å². The van der Waals surface area contributed by atoms with Gasteiger partial charge in [0.15, 0.2) is 0 Å². The Balaban J connectivity index is 2.02. The van der Waals surface area contributed by atoms with Gasteiger partial charge in [-0.05, 0) is 58.2 Å². The summed E-state index contributed by atoms with van der Waals surface area (Å²) in [6.07, 6.45) is 7.72. The smallest absolute Gasteiger partial charge is 0.0590 e. The number of nitrogens with zero attached hydrogens (tertiary/aromatic N) is 2. The molecule has 0 aromatic heterocycles. The minimum absolute atomic E-state index is 0.224. The second kappa shape index (κ2) is 7.74. The fourth-order valence-electron chi connectivity index (χ4n) is 3.77. The van der Waals surface area contributed by atoms with E-state index in [1.54, 1.807) is 7.11 Å². The summed E-state index contributed by atoms with van der Waals surface area (Å²) in [4.78, 5) is 5.32. The van der Waals surface area contributed by atoms with Crippen molar-refractivity contribution in [2.45, 2.75) is 57.0 Å². The van der Waals surface area contributed by atoms with E-state index < -0.39 is 0 Å². The lowest BCUT2D eigenvalue weighted by molar-refractivity contribution is 0.0416. The summed E-state index contributed by atoms with van der Waals surface area (Å²) in [5.74, 6) is 0. The van der Waals surface area contributed by atoms with Gasteiger partial charge in [0.25, 0.3) is 0 Å². The molecule has 4 heteroatoms. The molecule has 118 valence electrons. The zero-order valence-corrected chi connectivity index (χ0v) is 13.4. The summed E-state index contributed by atoms with van der Waals surface area (Å²) >= 11 is 0. The summed E-state index contributed by atoms with van der Waals surface area (Å²) in [5.41, 5.74) is 6.49. The first-order valence-corrected chi connectivity index (χ1v) is 8.44. The van der Waals surface area contributed by atoms with Crippen molar-refractivity contribution in [1.82, 2.24) is 9.80 Å². The fourth-order valence-corrected chi connectivity index (χ4v) is 3.77. The molecule has 2 rings (SSSR count). The monoisotopic (exact) mass is 283 g/mol. The molecule has 0 aromatic carbocycles. The molecular weight excluding hydrogens is 250 g/mol. The average molecular weight is 283 g/mol. The maximum Gasteiger partial charge on any atom is 0.0590 e. The lowest BCUT2D eigenvalue weighted by Gasteiger charge is -2.43. The van der Waals surface area contributed by atoms with Gasteiger partial charge in [-0.1, -0.05) is 6.92 Å². The minimum Gasteiger partial charge on any atom is -0.383 e. The molecule has 1 aliphatic carbocycles. The molecule has 2 N–H and O–H groups in total. The van der Waals surface area contributed by atoms with E-state index in [4.69, 9.17) is 10.5 Å². The van der Waals surface area contributed by atoms with E-state index in [1.807, 2.05) is 0 Å². The number of nitrogens with two attached hydrogens (primary N) is 1. The molecule has 0 radical (unpaired) electrons. The highest BCUT2D eigenvalue weighted by atomic mass is 16.5. The van der Waals surface area contributed by atoms with Gasteiger partial charge >= 0.3 is 0 Å². The third kappa shape index (κ3) is 3.94. The van der Waals surface area contributed by atoms with Crippen LogP contribution in [0.3, 0.4) is 0 Å². The zero-order chi connectivity index (χ0) is 14.4. The number of methoxy groups -OCH3 is 1. The topological polar surface area (TPSA) is 41.7 Å². The highest BCUT2D eigenvalue weighted by Crippen LogP contribution is 2.37. The van der Waals surface area contributed by atoms with Crippen molar-refractivity contribution >= 4 is 0 Å². The molecular formula is C16H33N3O. The first-order chi connectivity index (χ1) is 9.75. The minimum atomic E-state index is 0.224. The molecule has 0 aromatic rings. The molecule has 1 saturated heterocycles. The number of hydrogen-bond acceptors (Lipinski definition) is 4. The van der Waals surface area contributed by atoms with Crippen LogP contribution in [0, 0.1) is 0 Å². The maximum absolute atomic E-state index is 6.26. The van der Waals surface area contributed by atoms with Crippen LogP contribution in [-0.2, 0) is 4.74 Å². The molecule has 0 spiro atoms. The first kappa shape index (κ1) is 16.2. The van der Waals surface area contributed by atoms with Crippen LogP contribution in [0.5, 0.6) is 0 Å². The van der Waals surface area contributed by atoms with E-state index >= 15 is 0 Å². The van der Waals surface area contributed by atoms with Crippen LogP contribution in [0.25, 0.3) is 0 Å². The normalized spacial score (nSPS) is 28.8. The summed E-state index contributed by atoms with van der Waals surface area (Å²) < 4.78 is 5.33. The van der Waals surface area contributed by atoms with Crippen molar-refractivity contribution in [3.8, 4) is 0 Å². The standard InChI is InChI=1S/C16H33N3O/c1-3-9-18-10-4-7-16(14-17,8-11-18)19(12-13-20-2)15-5-6-15/h15H,3-14,17H2,1-2H3. The average Bonchev–Trinajstić information content (AvgIpc) is 3.28. The quantitative estimate of drug-likeness (QED) is 0.736. The second-order valence-corrected chi connectivity index (χ2v) is 6.54.